The third-order valence-electron chi connectivity index (χ3n) is 2.78. The maximum Gasteiger partial charge on any atom is 0.0777 e. The molecule has 2 rings (SSSR count). The van der Waals surface area contributed by atoms with Gasteiger partial charge in [-0.25, -0.2) is 0 Å². The summed E-state index contributed by atoms with van der Waals surface area (Å²) < 4.78 is 0. The molecule has 2 atom stereocenters. The lowest BCUT2D eigenvalue weighted by Crippen LogP contribution is -2.50. The first-order valence-electron chi connectivity index (χ1n) is 4.82. The monoisotopic (exact) mass is 186 g/mol. The molecule has 0 aromatic rings. The molecule has 0 aromatic heterocycles. The van der Waals surface area contributed by atoms with Crippen LogP contribution in [0.1, 0.15) is 19.8 Å². The van der Waals surface area contributed by atoms with Gasteiger partial charge < -0.3 is 10.2 Å². The highest BCUT2D eigenvalue weighted by Gasteiger charge is 2.40. The summed E-state index contributed by atoms with van der Waals surface area (Å²) in [7, 11) is 2.23. The van der Waals surface area contributed by atoms with Crippen molar-refractivity contribution in [3.63, 3.8) is 0 Å². The van der Waals surface area contributed by atoms with Crippen LogP contribution >= 0.6 is 11.8 Å². The Balaban J connectivity index is 2.00. The molecular formula is C9H18N2S. The highest BCUT2D eigenvalue weighted by Crippen LogP contribution is 2.38. The molecule has 2 saturated heterocycles. The quantitative estimate of drug-likeness (QED) is 0.610. The first kappa shape index (κ1) is 8.85. The van der Waals surface area contributed by atoms with Gasteiger partial charge >= 0.3 is 0 Å². The second-order valence-corrected chi connectivity index (χ2v) is 5.97. The molecule has 0 aromatic carbocycles. The molecule has 2 aliphatic rings. The van der Waals surface area contributed by atoms with Gasteiger partial charge in [-0.2, -0.15) is 0 Å². The van der Waals surface area contributed by atoms with E-state index in [1.54, 1.807) is 0 Å². The third kappa shape index (κ3) is 1.63. The summed E-state index contributed by atoms with van der Waals surface area (Å²) in [5, 5.41) is 4.48. The molecule has 0 amide bonds. The van der Waals surface area contributed by atoms with E-state index < -0.39 is 0 Å². The predicted octanol–water partition coefficient (Wildman–Crippen LogP) is 1.13. The molecule has 1 spiro atoms. The number of nitrogens with one attached hydrogen (secondary N) is 1. The zero-order chi connectivity index (χ0) is 8.60. The molecule has 2 aliphatic heterocycles. The Bertz CT molecular complexity index is 170. The molecule has 0 saturated carbocycles. The van der Waals surface area contributed by atoms with Gasteiger partial charge in [-0.15, -0.1) is 11.8 Å². The van der Waals surface area contributed by atoms with Crippen molar-refractivity contribution in [2.75, 3.05) is 26.7 Å². The maximum atomic E-state index is 3.67. The molecule has 2 heterocycles. The third-order valence-corrected chi connectivity index (χ3v) is 4.28. The van der Waals surface area contributed by atoms with Crippen molar-refractivity contribution in [1.29, 1.82) is 0 Å². The second-order valence-electron chi connectivity index (χ2n) is 4.14. The molecule has 0 aliphatic carbocycles. The Labute approximate surface area is 79.1 Å². The van der Waals surface area contributed by atoms with Crippen LogP contribution in [0.2, 0.25) is 0 Å². The Hall–Kier alpha value is 0.270. The van der Waals surface area contributed by atoms with Crippen LogP contribution in [0.25, 0.3) is 0 Å². The van der Waals surface area contributed by atoms with E-state index in [-0.39, 0.29) is 0 Å². The standard InChI is InChI=1S/C9H18N2S/c1-8-6-10-9(12-8)4-3-5-11(2)7-9/h8,10H,3-7H2,1-2H3. The van der Waals surface area contributed by atoms with Crippen molar-refractivity contribution in [2.24, 2.45) is 0 Å². The average molecular weight is 186 g/mol. The van der Waals surface area contributed by atoms with Crippen LogP contribution in [0.3, 0.4) is 0 Å². The second kappa shape index (κ2) is 3.20. The average Bonchev–Trinajstić information content (AvgIpc) is 2.32. The largest absolute Gasteiger partial charge is 0.304 e. The molecule has 1 N–H and O–H groups in total. The van der Waals surface area contributed by atoms with Crippen LogP contribution in [0.4, 0.5) is 0 Å². The Morgan fingerprint density at radius 2 is 2.42 bits per heavy atom. The van der Waals surface area contributed by atoms with Crippen LogP contribution in [-0.2, 0) is 0 Å². The summed E-state index contributed by atoms with van der Waals surface area (Å²) in [6.07, 6.45) is 2.70. The van der Waals surface area contributed by atoms with Gasteiger partial charge in [0.25, 0.3) is 0 Å². The van der Waals surface area contributed by atoms with Crippen molar-refractivity contribution >= 4 is 11.8 Å². The van der Waals surface area contributed by atoms with Crippen LogP contribution in [0, 0.1) is 0 Å². The fourth-order valence-electron chi connectivity index (χ4n) is 2.27. The molecule has 2 unspecified atom stereocenters. The Morgan fingerprint density at radius 1 is 1.58 bits per heavy atom. The van der Waals surface area contributed by atoms with E-state index >= 15 is 0 Å². The van der Waals surface area contributed by atoms with Gasteiger partial charge in [-0.1, -0.05) is 6.92 Å². The van der Waals surface area contributed by atoms with E-state index in [1.165, 1.54) is 32.5 Å². The predicted molar refractivity (Wildman–Crippen MR) is 54.5 cm³/mol. The normalized spacial score (nSPS) is 44.0. The summed E-state index contributed by atoms with van der Waals surface area (Å²) in [5.41, 5.74) is 0. The Morgan fingerprint density at radius 3 is 3.00 bits per heavy atom. The number of nitrogens with zero attached hydrogens (tertiary/aromatic N) is 1. The lowest BCUT2D eigenvalue weighted by Gasteiger charge is -2.38. The number of rotatable bonds is 0. The molecule has 70 valence electrons. The maximum absolute atomic E-state index is 3.67. The minimum absolute atomic E-state index is 0.409. The molecule has 2 fully saturated rings. The van der Waals surface area contributed by atoms with Crippen molar-refractivity contribution < 1.29 is 0 Å². The molecule has 0 radical (unpaired) electrons. The first-order valence-corrected chi connectivity index (χ1v) is 5.70. The number of hydrogen-bond acceptors (Lipinski definition) is 3. The van der Waals surface area contributed by atoms with E-state index in [0.29, 0.717) is 4.87 Å². The summed E-state index contributed by atoms with van der Waals surface area (Å²) in [6.45, 7) is 6.01. The molecule has 12 heavy (non-hydrogen) atoms. The molecule has 3 heteroatoms. The number of piperidine rings is 1. The topological polar surface area (TPSA) is 15.3 Å². The number of likely N-dealkylation sites (tertiary alicyclic amines) is 1. The van der Waals surface area contributed by atoms with Crippen molar-refractivity contribution in [3.05, 3.63) is 0 Å². The molecule has 0 bridgehead atoms. The minimum Gasteiger partial charge on any atom is -0.304 e. The number of thioether (sulfide) groups is 1. The summed E-state index contributed by atoms with van der Waals surface area (Å²) >= 11 is 2.14. The smallest absolute Gasteiger partial charge is 0.0777 e. The zero-order valence-corrected chi connectivity index (χ0v) is 8.78. The van der Waals surface area contributed by atoms with Crippen molar-refractivity contribution in [1.82, 2.24) is 10.2 Å². The van der Waals surface area contributed by atoms with Crippen molar-refractivity contribution in [3.8, 4) is 0 Å². The first-order chi connectivity index (χ1) is 5.70. The van der Waals surface area contributed by atoms with E-state index in [4.69, 9.17) is 0 Å². The number of hydrogen-bond donors (Lipinski definition) is 1. The van der Waals surface area contributed by atoms with Crippen LogP contribution in [0.5, 0.6) is 0 Å². The summed E-state index contributed by atoms with van der Waals surface area (Å²) in [4.78, 5) is 2.86. The van der Waals surface area contributed by atoms with Gasteiger partial charge in [0, 0.05) is 18.3 Å². The highest BCUT2D eigenvalue weighted by atomic mass is 32.2. The van der Waals surface area contributed by atoms with E-state index in [1.807, 2.05) is 0 Å². The molecule has 2 nitrogen and oxygen atoms in total. The summed E-state index contributed by atoms with van der Waals surface area (Å²) in [6, 6.07) is 0. The van der Waals surface area contributed by atoms with Gasteiger partial charge in [-0.3, -0.25) is 0 Å². The van der Waals surface area contributed by atoms with E-state index in [9.17, 15) is 0 Å². The number of likely N-dealkylation sites (N-methyl/N-ethyl adjacent to an activating group) is 1. The highest BCUT2D eigenvalue weighted by molar-refractivity contribution is 8.01. The SMILES string of the molecule is CC1CNC2(CCCN(C)C2)S1. The lowest BCUT2D eigenvalue weighted by molar-refractivity contribution is 0.214. The van der Waals surface area contributed by atoms with Gasteiger partial charge in [0.1, 0.15) is 0 Å². The van der Waals surface area contributed by atoms with E-state index in [0.717, 1.165) is 5.25 Å². The fourth-order valence-corrected chi connectivity index (χ4v) is 3.93. The van der Waals surface area contributed by atoms with E-state index in [2.05, 4.69) is 35.9 Å². The van der Waals surface area contributed by atoms with Gasteiger partial charge in [-0.05, 0) is 26.4 Å². The Kier molecular flexibility index (Phi) is 2.36. The van der Waals surface area contributed by atoms with Crippen LogP contribution in [-0.4, -0.2) is 41.7 Å². The van der Waals surface area contributed by atoms with Gasteiger partial charge in [0.15, 0.2) is 0 Å². The van der Waals surface area contributed by atoms with Gasteiger partial charge in [0.05, 0.1) is 4.87 Å². The fraction of sp³-hybridized carbons (Fsp3) is 1.00. The minimum atomic E-state index is 0.409. The van der Waals surface area contributed by atoms with Gasteiger partial charge in [0.2, 0.25) is 0 Å². The lowest BCUT2D eigenvalue weighted by atomic mass is 10.1. The van der Waals surface area contributed by atoms with Crippen LogP contribution in [0.15, 0.2) is 0 Å². The summed E-state index contributed by atoms with van der Waals surface area (Å²) in [5.74, 6) is 0. The molecular weight excluding hydrogens is 168 g/mol. The zero-order valence-electron chi connectivity index (χ0n) is 7.97. The van der Waals surface area contributed by atoms with Crippen LogP contribution < -0.4 is 5.32 Å². The van der Waals surface area contributed by atoms with Crippen molar-refractivity contribution in [2.45, 2.75) is 29.9 Å².